The molecule has 0 saturated heterocycles. The minimum atomic E-state index is -0.783. The molecule has 3 rings (SSSR count). The van der Waals surface area contributed by atoms with Crippen molar-refractivity contribution in [2.75, 3.05) is 6.61 Å². The molecule has 2 aliphatic rings. The Morgan fingerprint density at radius 2 is 2.18 bits per heavy atom. The standard InChI is InChI=1S/C16H18ClNO4/c1-9(15(19)18-13-3-4-13)22-16(20)11-6-10-7-12(17)2-5-14(10)21-8-11/h2,5,7,9,11,13H,3-4,6,8H2,1H3,(H,18,19)/t9-,11-/m0/s1. The van der Waals surface area contributed by atoms with Gasteiger partial charge in [-0.05, 0) is 49.9 Å². The number of hydrogen-bond acceptors (Lipinski definition) is 4. The van der Waals surface area contributed by atoms with Gasteiger partial charge in [0.25, 0.3) is 5.91 Å². The highest BCUT2D eigenvalue weighted by atomic mass is 35.5. The van der Waals surface area contributed by atoms with Crippen molar-refractivity contribution in [3.8, 4) is 5.75 Å². The molecule has 1 fully saturated rings. The van der Waals surface area contributed by atoms with Gasteiger partial charge in [0.05, 0.1) is 5.92 Å². The predicted molar refractivity (Wildman–Crippen MR) is 80.9 cm³/mol. The summed E-state index contributed by atoms with van der Waals surface area (Å²) in [6.07, 6.45) is 1.72. The van der Waals surface area contributed by atoms with Crippen LogP contribution in [0.1, 0.15) is 25.3 Å². The number of rotatable bonds is 4. The quantitative estimate of drug-likeness (QED) is 0.862. The van der Waals surface area contributed by atoms with Gasteiger partial charge in [-0.2, -0.15) is 0 Å². The van der Waals surface area contributed by atoms with Crippen molar-refractivity contribution < 1.29 is 19.1 Å². The van der Waals surface area contributed by atoms with Gasteiger partial charge in [-0.1, -0.05) is 11.6 Å². The van der Waals surface area contributed by atoms with Gasteiger partial charge in [0, 0.05) is 11.1 Å². The Kier molecular flexibility index (Phi) is 4.25. The van der Waals surface area contributed by atoms with Crippen LogP contribution in [0.5, 0.6) is 5.75 Å². The number of nitrogens with one attached hydrogen (secondary N) is 1. The third-order valence-corrected chi connectivity index (χ3v) is 4.08. The van der Waals surface area contributed by atoms with Crippen molar-refractivity contribution in [2.45, 2.75) is 38.3 Å². The smallest absolute Gasteiger partial charge is 0.313 e. The van der Waals surface area contributed by atoms with Crippen LogP contribution in [-0.4, -0.2) is 30.6 Å². The monoisotopic (exact) mass is 323 g/mol. The molecule has 5 nitrogen and oxygen atoms in total. The van der Waals surface area contributed by atoms with Gasteiger partial charge >= 0.3 is 5.97 Å². The van der Waals surface area contributed by atoms with E-state index in [1.54, 1.807) is 25.1 Å². The largest absolute Gasteiger partial charge is 0.492 e. The lowest BCUT2D eigenvalue weighted by Gasteiger charge is -2.25. The Balaban J connectivity index is 1.57. The van der Waals surface area contributed by atoms with Crippen molar-refractivity contribution in [3.05, 3.63) is 28.8 Å². The molecule has 1 aromatic carbocycles. The molecule has 0 radical (unpaired) electrons. The van der Waals surface area contributed by atoms with Gasteiger partial charge in [-0.15, -0.1) is 0 Å². The lowest BCUT2D eigenvalue weighted by molar-refractivity contribution is -0.160. The van der Waals surface area contributed by atoms with E-state index >= 15 is 0 Å². The van der Waals surface area contributed by atoms with Crippen LogP contribution in [0.4, 0.5) is 0 Å². The maximum absolute atomic E-state index is 12.2. The van der Waals surface area contributed by atoms with Crippen LogP contribution in [-0.2, 0) is 20.7 Å². The molecule has 0 bridgehead atoms. The number of amides is 1. The summed E-state index contributed by atoms with van der Waals surface area (Å²) < 4.78 is 10.8. The molecule has 118 valence electrons. The lowest BCUT2D eigenvalue weighted by atomic mass is 9.97. The Morgan fingerprint density at radius 3 is 2.91 bits per heavy atom. The first kappa shape index (κ1) is 15.2. The maximum atomic E-state index is 12.2. The first-order valence-electron chi connectivity index (χ1n) is 7.45. The highest BCUT2D eigenvalue weighted by Gasteiger charge is 2.31. The van der Waals surface area contributed by atoms with E-state index in [-0.39, 0.29) is 18.6 Å². The molecule has 1 heterocycles. The summed E-state index contributed by atoms with van der Waals surface area (Å²) in [5.74, 6) is -0.324. The van der Waals surface area contributed by atoms with Gasteiger partial charge in [0.2, 0.25) is 0 Å². The second-order valence-corrected chi connectivity index (χ2v) is 6.26. The van der Waals surface area contributed by atoms with Gasteiger partial charge in [0.15, 0.2) is 6.10 Å². The zero-order chi connectivity index (χ0) is 15.7. The average Bonchev–Trinajstić information content (AvgIpc) is 3.30. The fraction of sp³-hybridized carbons (Fsp3) is 0.500. The van der Waals surface area contributed by atoms with Crippen molar-refractivity contribution in [1.29, 1.82) is 0 Å². The fourth-order valence-electron chi connectivity index (χ4n) is 2.38. The zero-order valence-corrected chi connectivity index (χ0v) is 13.1. The third kappa shape index (κ3) is 3.53. The Labute approximate surface area is 133 Å². The van der Waals surface area contributed by atoms with Gasteiger partial charge in [-0.25, -0.2) is 0 Å². The molecule has 0 aromatic heterocycles. The van der Waals surface area contributed by atoms with E-state index in [4.69, 9.17) is 21.1 Å². The average molecular weight is 324 g/mol. The van der Waals surface area contributed by atoms with Gasteiger partial charge in [-0.3, -0.25) is 9.59 Å². The molecular formula is C16H18ClNO4. The van der Waals surface area contributed by atoms with Crippen LogP contribution in [0.25, 0.3) is 0 Å². The Morgan fingerprint density at radius 1 is 1.41 bits per heavy atom. The van der Waals surface area contributed by atoms with Gasteiger partial charge < -0.3 is 14.8 Å². The number of halogens is 1. The summed E-state index contributed by atoms with van der Waals surface area (Å²) in [4.78, 5) is 24.0. The van der Waals surface area contributed by atoms with E-state index in [1.165, 1.54) is 0 Å². The number of esters is 1. The van der Waals surface area contributed by atoms with E-state index in [2.05, 4.69) is 5.32 Å². The summed E-state index contributed by atoms with van der Waals surface area (Å²) in [7, 11) is 0. The molecule has 2 atom stereocenters. The van der Waals surface area contributed by atoms with Crippen molar-refractivity contribution >= 4 is 23.5 Å². The van der Waals surface area contributed by atoms with Crippen LogP contribution < -0.4 is 10.1 Å². The van der Waals surface area contributed by atoms with E-state index in [1.807, 2.05) is 0 Å². The normalized spacial score (nSPS) is 21.3. The SMILES string of the molecule is C[C@H](OC(=O)[C@@H]1COc2ccc(Cl)cc2C1)C(=O)NC1CC1. The minimum Gasteiger partial charge on any atom is -0.492 e. The summed E-state index contributed by atoms with van der Waals surface area (Å²) in [6.45, 7) is 1.84. The summed E-state index contributed by atoms with van der Waals surface area (Å²) in [5.41, 5.74) is 0.885. The van der Waals surface area contributed by atoms with Crippen LogP contribution in [0.3, 0.4) is 0 Å². The van der Waals surface area contributed by atoms with Crippen LogP contribution in [0, 0.1) is 5.92 Å². The summed E-state index contributed by atoms with van der Waals surface area (Å²) in [5, 5.41) is 3.43. The molecule has 6 heteroatoms. The zero-order valence-electron chi connectivity index (χ0n) is 12.3. The second kappa shape index (κ2) is 6.16. The summed E-state index contributed by atoms with van der Waals surface area (Å²) >= 11 is 5.96. The van der Waals surface area contributed by atoms with Crippen molar-refractivity contribution in [1.82, 2.24) is 5.32 Å². The van der Waals surface area contributed by atoms with E-state index in [0.717, 1.165) is 24.2 Å². The number of benzene rings is 1. The topological polar surface area (TPSA) is 64.6 Å². The first-order chi connectivity index (χ1) is 10.5. The molecule has 0 spiro atoms. The molecule has 1 N–H and O–H groups in total. The molecule has 1 saturated carbocycles. The third-order valence-electron chi connectivity index (χ3n) is 3.85. The molecular weight excluding hydrogens is 306 g/mol. The fourth-order valence-corrected chi connectivity index (χ4v) is 2.58. The highest BCUT2D eigenvalue weighted by Crippen LogP contribution is 2.30. The second-order valence-electron chi connectivity index (χ2n) is 5.83. The molecule has 1 aliphatic heterocycles. The number of carbonyl (C=O) groups excluding carboxylic acids is 2. The number of carbonyl (C=O) groups is 2. The van der Waals surface area contributed by atoms with E-state index < -0.39 is 18.0 Å². The summed E-state index contributed by atoms with van der Waals surface area (Å²) in [6, 6.07) is 5.59. The minimum absolute atomic E-state index is 0.240. The number of ether oxygens (including phenoxy) is 2. The van der Waals surface area contributed by atoms with E-state index in [9.17, 15) is 9.59 Å². The molecule has 0 unspecified atom stereocenters. The first-order valence-corrected chi connectivity index (χ1v) is 7.83. The molecule has 1 aromatic rings. The van der Waals surface area contributed by atoms with Gasteiger partial charge in [0.1, 0.15) is 12.4 Å². The van der Waals surface area contributed by atoms with Crippen LogP contribution in [0.15, 0.2) is 18.2 Å². The number of fused-ring (bicyclic) bond motifs is 1. The van der Waals surface area contributed by atoms with Crippen LogP contribution in [0.2, 0.25) is 5.02 Å². The van der Waals surface area contributed by atoms with Crippen LogP contribution >= 0.6 is 11.6 Å². The highest BCUT2D eigenvalue weighted by molar-refractivity contribution is 6.30. The Bertz CT molecular complexity index is 600. The van der Waals surface area contributed by atoms with E-state index in [0.29, 0.717) is 11.4 Å². The van der Waals surface area contributed by atoms with Crippen molar-refractivity contribution in [3.63, 3.8) is 0 Å². The lowest BCUT2D eigenvalue weighted by Crippen LogP contribution is -2.39. The Hall–Kier alpha value is -1.75. The molecule has 1 aliphatic carbocycles. The molecule has 1 amide bonds. The maximum Gasteiger partial charge on any atom is 0.313 e. The van der Waals surface area contributed by atoms with Crippen molar-refractivity contribution in [2.24, 2.45) is 5.92 Å². The molecule has 22 heavy (non-hydrogen) atoms. The number of hydrogen-bond donors (Lipinski definition) is 1. The predicted octanol–water partition coefficient (Wildman–Crippen LogP) is 2.10.